The molecule has 1 aliphatic carbocycles. The van der Waals surface area contributed by atoms with Crippen LogP contribution in [-0.2, 0) is 11.3 Å². The van der Waals surface area contributed by atoms with E-state index in [1.807, 2.05) is 61.5 Å². The molecule has 0 aliphatic heterocycles. The molecular weight excluding hydrogens is 338 g/mol. The Bertz CT molecular complexity index is 811. The van der Waals surface area contributed by atoms with Gasteiger partial charge in [-0.25, -0.2) is 0 Å². The molecule has 2 aromatic rings. The number of amides is 2. The number of hydrogen-bond acceptors (Lipinski definition) is 3. The lowest BCUT2D eigenvalue weighted by Crippen LogP contribution is -2.23. The minimum atomic E-state index is -0.112. The molecule has 0 bridgehead atoms. The summed E-state index contributed by atoms with van der Waals surface area (Å²) in [5.41, 5.74) is 3.36. The third-order valence-electron chi connectivity index (χ3n) is 5.00. The van der Waals surface area contributed by atoms with Crippen LogP contribution in [0.1, 0.15) is 41.6 Å². The second kappa shape index (κ2) is 8.71. The van der Waals surface area contributed by atoms with Crippen LogP contribution in [0.4, 0.5) is 11.4 Å². The number of nitrogens with one attached hydrogen (secondary N) is 2. The van der Waals surface area contributed by atoms with E-state index in [0.717, 1.165) is 42.6 Å². The summed E-state index contributed by atoms with van der Waals surface area (Å²) in [6, 6.07) is 15.2. The molecule has 2 N–H and O–H groups in total. The van der Waals surface area contributed by atoms with Gasteiger partial charge in [0.25, 0.3) is 5.91 Å². The van der Waals surface area contributed by atoms with Crippen LogP contribution in [0, 0.1) is 5.92 Å². The molecule has 2 aromatic carbocycles. The van der Waals surface area contributed by atoms with Crippen molar-refractivity contribution in [2.24, 2.45) is 5.92 Å². The summed E-state index contributed by atoms with van der Waals surface area (Å²) >= 11 is 0. The van der Waals surface area contributed by atoms with Crippen molar-refractivity contribution in [3.8, 4) is 0 Å². The standard InChI is InChI=1S/C22H27N3O2/c1-25(2)20-12-6-10-18(14-20)21(26)23-15-16-7-5-11-19(13-16)24-22(27)17-8-3-4-9-17/h5-7,10-14,17H,3-4,8-9,15H2,1-2H3,(H,23,26)(H,24,27). The van der Waals surface area contributed by atoms with E-state index < -0.39 is 0 Å². The molecule has 5 nitrogen and oxygen atoms in total. The largest absolute Gasteiger partial charge is 0.378 e. The molecule has 142 valence electrons. The summed E-state index contributed by atoms with van der Waals surface area (Å²) < 4.78 is 0. The maximum absolute atomic E-state index is 12.4. The molecule has 0 spiro atoms. The molecule has 0 radical (unpaired) electrons. The van der Waals surface area contributed by atoms with Gasteiger partial charge in [-0.2, -0.15) is 0 Å². The Hall–Kier alpha value is -2.82. The minimum absolute atomic E-state index is 0.106. The summed E-state index contributed by atoms with van der Waals surface area (Å²) in [5, 5.41) is 5.95. The number of rotatable bonds is 6. The van der Waals surface area contributed by atoms with Gasteiger partial charge in [-0.3, -0.25) is 9.59 Å². The highest BCUT2D eigenvalue weighted by Crippen LogP contribution is 2.26. The second-order valence-corrected chi connectivity index (χ2v) is 7.30. The fourth-order valence-electron chi connectivity index (χ4n) is 3.40. The molecular formula is C22H27N3O2. The van der Waals surface area contributed by atoms with Crippen LogP contribution in [-0.4, -0.2) is 25.9 Å². The monoisotopic (exact) mass is 365 g/mol. The van der Waals surface area contributed by atoms with E-state index in [9.17, 15) is 9.59 Å². The molecule has 0 atom stereocenters. The van der Waals surface area contributed by atoms with Gasteiger partial charge >= 0.3 is 0 Å². The molecule has 1 saturated carbocycles. The molecule has 0 saturated heterocycles. The van der Waals surface area contributed by atoms with E-state index in [1.54, 1.807) is 6.07 Å². The van der Waals surface area contributed by atoms with Gasteiger partial charge in [-0.1, -0.05) is 31.0 Å². The lowest BCUT2D eigenvalue weighted by molar-refractivity contribution is -0.119. The number of anilines is 2. The van der Waals surface area contributed by atoms with Crippen LogP contribution in [0.15, 0.2) is 48.5 Å². The van der Waals surface area contributed by atoms with Crippen molar-refractivity contribution in [1.29, 1.82) is 0 Å². The Morgan fingerprint density at radius 2 is 1.78 bits per heavy atom. The molecule has 0 aromatic heterocycles. The van der Waals surface area contributed by atoms with Crippen molar-refractivity contribution in [3.05, 3.63) is 59.7 Å². The third-order valence-corrected chi connectivity index (χ3v) is 5.00. The zero-order chi connectivity index (χ0) is 19.2. The highest BCUT2D eigenvalue weighted by atomic mass is 16.2. The fourth-order valence-corrected chi connectivity index (χ4v) is 3.40. The van der Waals surface area contributed by atoms with Crippen LogP contribution in [0.5, 0.6) is 0 Å². The molecule has 5 heteroatoms. The van der Waals surface area contributed by atoms with E-state index >= 15 is 0 Å². The number of carbonyl (C=O) groups excluding carboxylic acids is 2. The smallest absolute Gasteiger partial charge is 0.251 e. The Kier molecular flexibility index (Phi) is 6.12. The van der Waals surface area contributed by atoms with Gasteiger partial charge in [-0.05, 0) is 48.7 Å². The summed E-state index contributed by atoms with van der Waals surface area (Å²) in [6.07, 6.45) is 4.24. The fraction of sp³-hybridized carbons (Fsp3) is 0.364. The SMILES string of the molecule is CN(C)c1cccc(C(=O)NCc2cccc(NC(=O)C3CCCC3)c2)c1. The van der Waals surface area contributed by atoms with Crippen LogP contribution >= 0.6 is 0 Å². The predicted octanol–water partition coefficient (Wildman–Crippen LogP) is 3.81. The van der Waals surface area contributed by atoms with Crippen molar-refractivity contribution in [3.63, 3.8) is 0 Å². The molecule has 27 heavy (non-hydrogen) atoms. The molecule has 0 unspecified atom stereocenters. The molecule has 1 fully saturated rings. The third kappa shape index (κ3) is 5.09. The topological polar surface area (TPSA) is 61.4 Å². The lowest BCUT2D eigenvalue weighted by Gasteiger charge is -2.14. The van der Waals surface area contributed by atoms with E-state index in [1.165, 1.54) is 0 Å². The zero-order valence-electron chi connectivity index (χ0n) is 16.0. The van der Waals surface area contributed by atoms with Crippen molar-refractivity contribution in [2.75, 3.05) is 24.3 Å². The van der Waals surface area contributed by atoms with Gasteiger partial charge in [0.05, 0.1) is 0 Å². The van der Waals surface area contributed by atoms with Gasteiger partial charge in [0.1, 0.15) is 0 Å². The lowest BCUT2D eigenvalue weighted by atomic mass is 10.1. The van der Waals surface area contributed by atoms with Crippen molar-refractivity contribution < 1.29 is 9.59 Å². The average Bonchev–Trinajstić information content (AvgIpc) is 3.21. The van der Waals surface area contributed by atoms with Gasteiger partial charge in [0, 0.05) is 43.5 Å². The quantitative estimate of drug-likeness (QED) is 0.818. The average molecular weight is 365 g/mol. The van der Waals surface area contributed by atoms with Gasteiger partial charge in [0.2, 0.25) is 5.91 Å². The number of benzene rings is 2. The Labute approximate surface area is 160 Å². The first kappa shape index (κ1) is 19.0. The summed E-state index contributed by atoms with van der Waals surface area (Å²) in [4.78, 5) is 26.7. The molecule has 2 amide bonds. The Morgan fingerprint density at radius 3 is 2.52 bits per heavy atom. The molecule has 0 heterocycles. The Balaban J connectivity index is 1.58. The van der Waals surface area contributed by atoms with Crippen LogP contribution in [0.2, 0.25) is 0 Å². The van der Waals surface area contributed by atoms with E-state index in [2.05, 4.69) is 10.6 Å². The molecule has 3 rings (SSSR count). The summed E-state index contributed by atoms with van der Waals surface area (Å²) in [7, 11) is 3.89. The van der Waals surface area contributed by atoms with E-state index in [0.29, 0.717) is 12.1 Å². The maximum Gasteiger partial charge on any atom is 0.251 e. The van der Waals surface area contributed by atoms with Gasteiger partial charge in [-0.15, -0.1) is 0 Å². The zero-order valence-corrected chi connectivity index (χ0v) is 16.0. The number of nitrogens with zero attached hydrogens (tertiary/aromatic N) is 1. The molecule has 1 aliphatic rings. The first-order valence-corrected chi connectivity index (χ1v) is 9.48. The Morgan fingerprint density at radius 1 is 1.04 bits per heavy atom. The summed E-state index contributed by atoms with van der Waals surface area (Å²) in [5.74, 6) is 0.130. The van der Waals surface area contributed by atoms with Gasteiger partial charge < -0.3 is 15.5 Å². The number of carbonyl (C=O) groups is 2. The van der Waals surface area contributed by atoms with E-state index in [-0.39, 0.29) is 17.7 Å². The van der Waals surface area contributed by atoms with Gasteiger partial charge in [0.15, 0.2) is 0 Å². The van der Waals surface area contributed by atoms with Crippen LogP contribution in [0.3, 0.4) is 0 Å². The number of hydrogen-bond donors (Lipinski definition) is 2. The highest BCUT2D eigenvalue weighted by molar-refractivity contribution is 5.95. The maximum atomic E-state index is 12.4. The van der Waals surface area contributed by atoms with Crippen molar-refractivity contribution >= 4 is 23.2 Å². The first-order chi connectivity index (χ1) is 13.0. The highest BCUT2D eigenvalue weighted by Gasteiger charge is 2.22. The van der Waals surface area contributed by atoms with Crippen LogP contribution < -0.4 is 15.5 Å². The van der Waals surface area contributed by atoms with Crippen LogP contribution in [0.25, 0.3) is 0 Å². The van der Waals surface area contributed by atoms with Crippen molar-refractivity contribution in [2.45, 2.75) is 32.2 Å². The predicted molar refractivity (Wildman–Crippen MR) is 109 cm³/mol. The minimum Gasteiger partial charge on any atom is -0.378 e. The van der Waals surface area contributed by atoms with E-state index in [4.69, 9.17) is 0 Å². The second-order valence-electron chi connectivity index (χ2n) is 7.30. The first-order valence-electron chi connectivity index (χ1n) is 9.48. The van der Waals surface area contributed by atoms with Crippen molar-refractivity contribution in [1.82, 2.24) is 5.32 Å². The normalized spacial score (nSPS) is 14.0. The summed E-state index contributed by atoms with van der Waals surface area (Å²) in [6.45, 7) is 0.415.